The van der Waals surface area contributed by atoms with E-state index in [2.05, 4.69) is 39.0 Å². The van der Waals surface area contributed by atoms with Crippen molar-refractivity contribution in [2.45, 2.75) is 26.7 Å². The van der Waals surface area contributed by atoms with Crippen LogP contribution in [-0.2, 0) is 4.79 Å². The van der Waals surface area contributed by atoms with Crippen molar-refractivity contribution < 1.29 is 23.7 Å². The van der Waals surface area contributed by atoms with Gasteiger partial charge >= 0.3 is 0 Å². The first-order valence-corrected chi connectivity index (χ1v) is 12.9. The Kier molecular flexibility index (Phi) is 11.6. The minimum atomic E-state index is -0.0110. The summed E-state index contributed by atoms with van der Waals surface area (Å²) in [6.45, 7) is 6.06. The summed E-state index contributed by atoms with van der Waals surface area (Å²) >= 11 is 1.38. The van der Waals surface area contributed by atoms with Gasteiger partial charge < -0.3 is 5.73 Å². The Hall–Kier alpha value is -4.45. The van der Waals surface area contributed by atoms with E-state index in [0.717, 1.165) is 16.8 Å². The van der Waals surface area contributed by atoms with Gasteiger partial charge in [-0.15, -0.1) is 5.10 Å². The van der Waals surface area contributed by atoms with Gasteiger partial charge in [0.05, 0.1) is 22.8 Å². The first-order valence-electron chi connectivity index (χ1n) is 11.9. The molecule has 1 fully saturated rings. The number of thioether (sulfide) groups is 1. The maximum Gasteiger partial charge on any atom is 0.243 e. The van der Waals surface area contributed by atoms with Crippen molar-refractivity contribution in [1.82, 2.24) is 0 Å². The van der Waals surface area contributed by atoms with E-state index in [1.807, 2.05) is 55.5 Å². The summed E-state index contributed by atoms with van der Waals surface area (Å²) in [5.41, 5.74) is 10.9. The molecule has 0 bridgehead atoms. The Balaban J connectivity index is 0.00000280. The summed E-state index contributed by atoms with van der Waals surface area (Å²) in [6.07, 6.45) is 1.33. The SMILES string of the molecule is C/C(=N\N=C1/SCC(=O)N1c1ccccc1C(C)C)c1ccc(C(N)=NC=Nc2ccc(OF)cc2)cc1.F.F. The number of benzene rings is 3. The van der Waals surface area contributed by atoms with Gasteiger partial charge in [-0.1, -0.05) is 68.1 Å². The van der Waals surface area contributed by atoms with E-state index in [9.17, 15) is 9.32 Å². The molecule has 0 spiro atoms. The number of hydrogen-bond acceptors (Lipinski definition) is 6. The number of rotatable bonds is 8. The van der Waals surface area contributed by atoms with E-state index >= 15 is 0 Å². The van der Waals surface area contributed by atoms with Gasteiger partial charge in [-0.05, 0) is 54.3 Å². The fraction of sp³-hybridized carbons (Fsp3) is 0.179. The highest BCUT2D eigenvalue weighted by Crippen LogP contribution is 2.33. The minimum absolute atomic E-state index is 0. The number of nitrogens with zero attached hydrogens (tertiary/aromatic N) is 5. The second-order valence-electron chi connectivity index (χ2n) is 8.71. The van der Waals surface area contributed by atoms with Gasteiger partial charge in [0, 0.05) is 10.1 Å². The third-order valence-corrected chi connectivity index (χ3v) is 6.69. The number of amides is 1. The number of amidine groups is 2. The van der Waals surface area contributed by atoms with Crippen LogP contribution in [0.2, 0.25) is 0 Å². The van der Waals surface area contributed by atoms with E-state index < -0.39 is 0 Å². The lowest BCUT2D eigenvalue weighted by atomic mass is 10.0. The molecule has 4 rings (SSSR count). The van der Waals surface area contributed by atoms with Crippen LogP contribution in [0.1, 0.15) is 43.4 Å². The van der Waals surface area contributed by atoms with Crippen LogP contribution in [0.3, 0.4) is 0 Å². The number of aliphatic imine (C=N–C) groups is 2. The molecule has 1 amide bonds. The highest BCUT2D eigenvalue weighted by atomic mass is 32.2. The summed E-state index contributed by atoms with van der Waals surface area (Å²) < 4.78 is 12.1. The normalized spacial score (nSPS) is 15.0. The van der Waals surface area contributed by atoms with Gasteiger partial charge in [0.15, 0.2) is 10.9 Å². The summed E-state index contributed by atoms with van der Waals surface area (Å²) in [7, 11) is 0. The van der Waals surface area contributed by atoms with Crippen molar-refractivity contribution in [2.75, 3.05) is 10.7 Å². The molecule has 2 N–H and O–H groups in total. The molecule has 0 radical (unpaired) electrons. The summed E-state index contributed by atoms with van der Waals surface area (Å²) in [6, 6.07) is 21.4. The molecular formula is C28H29F3N6O2S. The van der Waals surface area contributed by atoms with Crippen molar-refractivity contribution >= 4 is 52.1 Å². The average molecular weight is 571 g/mol. The molecule has 3 aromatic carbocycles. The van der Waals surface area contributed by atoms with Gasteiger partial charge in [0.2, 0.25) is 5.91 Å². The lowest BCUT2D eigenvalue weighted by molar-refractivity contribution is -0.115. The molecule has 210 valence electrons. The van der Waals surface area contributed by atoms with Gasteiger partial charge in [0.1, 0.15) is 12.2 Å². The maximum absolute atomic E-state index is 12.7. The van der Waals surface area contributed by atoms with Gasteiger partial charge in [-0.3, -0.25) is 24.0 Å². The van der Waals surface area contributed by atoms with E-state index in [0.29, 0.717) is 33.7 Å². The highest BCUT2D eigenvalue weighted by molar-refractivity contribution is 8.15. The van der Waals surface area contributed by atoms with Crippen LogP contribution < -0.4 is 15.6 Å². The average Bonchev–Trinajstić information content (AvgIpc) is 3.31. The van der Waals surface area contributed by atoms with Crippen molar-refractivity contribution in [3.8, 4) is 5.75 Å². The maximum atomic E-state index is 12.7. The van der Waals surface area contributed by atoms with Crippen LogP contribution in [0, 0.1) is 0 Å². The predicted molar refractivity (Wildman–Crippen MR) is 159 cm³/mol. The second-order valence-corrected chi connectivity index (χ2v) is 9.65. The molecule has 8 nitrogen and oxygen atoms in total. The van der Waals surface area contributed by atoms with Gasteiger partial charge in [-0.25, -0.2) is 9.98 Å². The molecule has 1 aliphatic heterocycles. The molecule has 0 aromatic heterocycles. The van der Waals surface area contributed by atoms with Crippen LogP contribution in [0.5, 0.6) is 5.75 Å². The molecule has 0 atom stereocenters. The Bertz CT molecular complexity index is 1420. The van der Waals surface area contributed by atoms with Crippen LogP contribution in [0.15, 0.2) is 93.0 Å². The first kappa shape index (κ1) is 31.8. The minimum Gasteiger partial charge on any atom is -0.383 e. The monoisotopic (exact) mass is 570 g/mol. The van der Waals surface area contributed by atoms with Crippen molar-refractivity contribution in [3.05, 3.63) is 89.5 Å². The molecule has 0 unspecified atom stereocenters. The molecule has 0 aliphatic carbocycles. The lowest BCUT2D eigenvalue weighted by Crippen LogP contribution is -2.30. The van der Waals surface area contributed by atoms with E-state index in [-0.39, 0.29) is 27.0 Å². The standard InChI is InChI=1S/C28H27FN6O2S.2FH/c1-18(2)24-6-4-5-7-25(24)35-26(36)16-38-28(35)34-33-19(3)20-8-10-21(11-9-20)27(30)32-17-31-22-12-14-23(37-29)15-13-22;;/h4-15,17-18H,16H2,1-3H3,(H2,30,31,32);2*1H/b33-19+,34-28-;;. The smallest absolute Gasteiger partial charge is 0.243 e. The molecule has 1 aliphatic rings. The molecule has 1 heterocycles. The fourth-order valence-corrected chi connectivity index (χ4v) is 4.54. The molecule has 3 aromatic rings. The summed E-state index contributed by atoms with van der Waals surface area (Å²) in [4.78, 5) is 26.3. The zero-order valence-electron chi connectivity index (χ0n) is 22.0. The number of nitrogens with two attached hydrogens (primary N) is 1. The van der Waals surface area contributed by atoms with Crippen LogP contribution in [-0.4, -0.2) is 34.7 Å². The van der Waals surface area contributed by atoms with Crippen molar-refractivity contribution in [1.29, 1.82) is 0 Å². The highest BCUT2D eigenvalue weighted by Gasteiger charge is 2.31. The summed E-state index contributed by atoms with van der Waals surface area (Å²) in [5, 5.41) is 9.39. The number of halogens is 3. The zero-order chi connectivity index (χ0) is 27.1. The number of carbonyl (C=O) groups excluding carboxylic acids is 1. The van der Waals surface area contributed by atoms with E-state index in [4.69, 9.17) is 5.73 Å². The molecule has 12 heteroatoms. The van der Waals surface area contributed by atoms with Gasteiger partial charge in [-0.2, -0.15) is 5.10 Å². The molecule has 1 saturated heterocycles. The number of para-hydroxylation sites is 1. The zero-order valence-corrected chi connectivity index (χ0v) is 22.8. The topological polar surface area (TPSA) is 105 Å². The Morgan fingerprint density at radius 2 is 1.68 bits per heavy atom. The third-order valence-electron chi connectivity index (χ3n) is 5.78. The number of carbonyl (C=O) groups is 1. The molecule has 40 heavy (non-hydrogen) atoms. The Morgan fingerprint density at radius 3 is 2.33 bits per heavy atom. The van der Waals surface area contributed by atoms with E-state index in [1.54, 1.807) is 17.0 Å². The third kappa shape index (κ3) is 7.56. The Labute approximate surface area is 234 Å². The number of anilines is 1. The fourth-order valence-electron chi connectivity index (χ4n) is 3.73. The van der Waals surface area contributed by atoms with Crippen molar-refractivity contribution in [2.24, 2.45) is 25.9 Å². The molecular weight excluding hydrogens is 541 g/mol. The van der Waals surface area contributed by atoms with E-state index in [1.165, 1.54) is 30.2 Å². The second kappa shape index (κ2) is 14.6. The van der Waals surface area contributed by atoms with Crippen molar-refractivity contribution in [3.63, 3.8) is 0 Å². The van der Waals surface area contributed by atoms with Crippen LogP contribution >= 0.6 is 11.8 Å². The quantitative estimate of drug-likeness (QED) is 0.195. The van der Waals surface area contributed by atoms with Crippen LogP contribution in [0.25, 0.3) is 0 Å². The van der Waals surface area contributed by atoms with Crippen LogP contribution in [0.4, 0.5) is 25.3 Å². The Morgan fingerprint density at radius 1 is 1.02 bits per heavy atom. The van der Waals surface area contributed by atoms with Gasteiger partial charge in [0.25, 0.3) is 0 Å². The summed E-state index contributed by atoms with van der Waals surface area (Å²) in [5.74, 6) is 0.970. The lowest BCUT2D eigenvalue weighted by Gasteiger charge is -2.21. The largest absolute Gasteiger partial charge is 0.383 e. The first-order chi connectivity index (χ1) is 18.4. The molecule has 0 saturated carbocycles. The predicted octanol–water partition coefficient (Wildman–Crippen LogP) is 6.30. The number of hydrogen-bond donors (Lipinski definition) is 1.